The SMILES string of the molecule is COC(=O)CO[C@@H]1[C@@H](n2cc(-c3cc(F)c(F)c(F)c3)nn2)[C@@H](O)[C@@H](CO)O[C@@H]1CC1CC(C2CCN(C(=O)O)CC2)=NO1. The molecular weight excluding hydrogens is 595 g/mol. The number of carbonyl (C=O) groups excluding carboxylic acids is 1. The summed E-state index contributed by atoms with van der Waals surface area (Å²) in [5.41, 5.74) is 0.629. The Morgan fingerprint density at radius 1 is 1.14 bits per heavy atom. The van der Waals surface area contributed by atoms with Gasteiger partial charge in [0, 0.05) is 37.4 Å². The summed E-state index contributed by atoms with van der Waals surface area (Å²) >= 11 is 0. The summed E-state index contributed by atoms with van der Waals surface area (Å²) < 4.78 is 59.1. The number of piperidine rings is 1. The van der Waals surface area contributed by atoms with Gasteiger partial charge in [0.2, 0.25) is 0 Å². The highest BCUT2D eigenvalue weighted by Gasteiger charge is 2.49. The van der Waals surface area contributed by atoms with E-state index in [0.29, 0.717) is 32.4 Å². The van der Waals surface area contributed by atoms with E-state index in [4.69, 9.17) is 19.0 Å². The van der Waals surface area contributed by atoms with Gasteiger partial charge >= 0.3 is 12.1 Å². The number of likely N-dealkylation sites (tertiary alicyclic amines) is 1. The Morgan fingerprint density at radius 2 is 1.84 bits per heavy atom. The van der Waals surface area contributed by atoms with E-state index < -0.39 is 79.3 Å². The Hall–Kier alpha value is -3.80. The maximum atomic E-state index is 13.9. The van der Waals surface area contributed by atoms with Crippen LogP contribution >= 0.6 is 0 Å². The summed E-state index contributed by atoms with van der Waals surface area (Å²) in [5.74, 6) is -5.16. The van der Waals surface area contributed by atoms with Crippen LogP contribution in [0.15, 0.2) is 23.5 Å². The van der Waals surface area contributed by atoms with Gasteiger partial charge in [0.05, 0.1) is 31.7 Å². The highest BCUT2D eigenvalue weighted by atomic mass is 19.2. The average molecular weight is 628 g/mol. The van der Waals surface area contributed by atoms with Crippen molar-refractivity contribution >= 4 is 17.8 Å². The number of hydrogen-bond donors (Lipinski definition) is 3. The molecule has 0 saturated carbocycles. The molecule has 17 heteroatoms. The van der Waals surface area contributed by atoms with E-state index in [1.165, 1.54) is 22.9 Å². The number of nitrogens with zero attached hydrogens (tertiary/aromatic N) is 5. The fourth-order valence-corrected chi connectivity index (χ4v) is 5.83. The van der Waals surface area contributed by atoms with Gasteiger partial charge in [-0.2, -0.15) is 0 Å². The molecule has 14 nitrogen and oxygen atoms in total. The number of methoxy groups -OCH3 is 1. The van der Waals surface area contributed by atoms with Gasteiger partial charge in [0.15, 0.2) is 17.5 Å². The zero-order chi connectivity index (χ0) is 31.5. The molecule has 3 aliphatic rings. The van der Waals surface area contributed by atoms with Crippen LogP contribution in [0.25, 0.3) is 11.3 Å². The lowest BCUT2D eigenvalue weighted by Gasteiger charge is -2.44. The molecule has 5 rings (SSSR count). The number of aliphatic hydroxyl groups is 2. The first kappa shape index (κ1) is 31.6. The first-order valence-corrected chi connectivity index (χ1v) is 14.0. The molecular formula is C27H32F3N5O9. The van der Waals surface area contributed by atoms with Gasteiger partial charge < -0.3 is 39.3 Å². The van der Waals surface area contributed by atoms with E-state index in [9.17, 15) is 38.1 Å². The van der Waals surface area contributed by atoms with Crippen molar-refractivity contribution in [2.24, 2.45) is 11.1 Å². The number of ether oxygens (including phenoxy) is 3. The second kappa shape index (κ2) is 13.5. The van der Waals surface area contributed by atoms with Gasteiger partial charge in [0.25, 0.3) is 0 Å². The van der Waals surface area contributed by atoms with Crippen LogP contribution in [0, 0.1) is 23.4 Å². The van der Waals surface area contributed by atoms with Crippen LogP contribution in [0.3, 0.4) is 0 Å². The van der Waals surface area contributed by atoms with Crippen molar-refractivity contribution in [3.8, 4) is 11.3 Å². The topological polar surface area (TPSA) is 178 Å². The van der Waals surface area contributed by atoms with E-state index in [1.807, 2.05) is 0 Å². The molecule has 0 bridgehead atoms. The van der Waals surface area contributed by atoms with Crippen LogP contribution < -0.4 is 0 Å². The number of carbonyl (C=O) groups is 2. The minimum absolute atomic E-state index is 0.0450. The van der Waals surface area contributed by atoms with Gasteiger partial charge in [-0.15, -0.1) is 5.10 Å². The van der Waals surface area contributed by atoms with Gasteiger partial charge in [-0.05, 0) is 25.0 Å². The van der Waals surface area contributed by atoms with Crippen molar-refractivity contribution in [1.82, 2.24) is 19.9 Å². The summed E-state index contributed by atoms with van der Waals surface area (Å²) in [6.07, 6.45) is -2.95. The maximum Gasteiger partial charge on any atom is 0.407 e. The minimum atomic E-state index is -1.64. The Balaban J connectivity index is 1.36. The van der Waals surface area contributed by atoms with E-state index in [0.717, 1.165) is 17.8 Å². The molecule has 2 saturated heterocycles. The van der Waals surface area contributed by atoms with Crippen LogP contribution in [0.2, 0.25) is 0 Å². The Bertz CT molecular complexity index is 1360. The molecule has 3 N–H and O–H groups in total. The highest BCUT2D eigenvalue weighted by molar-refractivity contribution is 5.88. The number of amides is 1. The molecule has 4 heterocycles. The van der Waals surface area contributed by atoms with Gasteiger partial charge in [-0.25, -0.2) is 27.4 Å². The van der Waals surface area contributed by atoms with Gasteiger partial charge in [-0.1, -0.05) is 10.4 Å². The van der Waals surface area contributed by atoms with Crippen molar-refractivity contribution in [3.05, 3.63) is 35.8 Å². The van der Waals surface area contributed by atoms with Crippen LogP contribution in [-0.4, -0.2) is 117 Å². The second-order valence-electron chi connectivity index (χ2n) is 10.9. The van der Waals surface area contributed by atoms with Crippen molar-refractivity contribution in [3.63, 3.8) is 0 Å². The van der Waals surface area contributed by atoms with E-state index >= 15 is 0 Å². The molecule has 1 unspecified atom stereocenters. The zero-order valence-corrected chi connectivity index (χ0v) is 23.6. The van der Waals surface area contributed by atoms with Crippen LogP contribution in [-0.2, 0) is 23.8 Å². The van der Waals surface area contributed by atoms with Gasteiger partial charge in [-0.3, -0.25) is 0 Å². The first-order chi connectivity index (χ1) is 21.1. The molecule has 1 aromatic heterocycles. The van der Waals surface area contributed by atoms with Crippen LogP contribution in [0.4, 0.5) is 18.0 Å². The Kier molecular flexibility index (Phi) is 9.67. The maximum absolute atomic E-state index is 13.9. The first-order valence-electron chi connectivity index (χ1n) is 14.0. The summed E-state index contributed by atoms with van der Waals surface area (Å²) in [4.78, 5) is 30.3. The lowest BCUT2D eigenvalue weighted by Crippen LogP contribution is -2.57. The molecule has 0 spiro atoms. The van der Waals surface area contributed by atoms with E-state index in [1.54, 1.807) is 0 Å². The van der Waals surface area contributed by atoms with Crippen LogP contribution in [0.1, 0.15) is 31.7 Å². The predicted molar refractivity (Wildman–Crippen MR) is 142 cm³/mol. The number of halogens is 3. The third-order valence-electron chi connectivity index (χ3n) is 8.17. The lowest BCUT2D eigenvalue weighted by atomic mass is 9.86. The normalized spacial score (nSPS) is 27.6. The molecule has 2 aromatic rings. The Morgan fingerprint density at radius 3 is 2.48 bits per heavy atom. The molecule has 6 atom stereocenters. The van der Waals surface area contributed by atoms with E-state index in [2.05, 4.69) is 15.5 Å². The van der Waals surface area contributed by atoms with Crippen molar-refractivity contribution in [2.75, 3.05) is 33.4 Å². The number of benzene rings is 1. The third-order valence-corrected chi connectivity index (χ3v) is 8.17. The number of hydrogen-bond acceptors (Lipinski definition) is 11. The molecule has 0 radical (unpaired) electrons. The standard InChI is InChI=1S/C27H32F3N5O9/c1-41-22(37)12-42-26-20(9-15-8-18(32-44-15)13-2-4-34(5-3-13)27(39)40)43-21(11-36)25(38)24(26)35-10-19(31-33-35)14-6-16(28)23(30)17(29)7-14/h6-7,10,13,15,20-21,24-26,36,38H,2-5,8-9,11-12H2,1H3,(H,39,40)/t15?,20-,21-,24+,25+,26+/m1/s1. The lowest BCUT2D eigenvalue weighted by molar-refractivity contribution is -0.226. The van der Waals surface area contributed by atoms with Crippen molar-refractivity contribution in [2.45, 2.75) is 62.2 Å². The van der Waals surface area contributed by atoms with Crippen molar-refractivity contribution < 1.29 is 57.1 Å². The third kappa shape index (κ3) is 6.64. The fourth-order valence-electron chi connectivity index (χ4n) is 5.83. The largest absolute Gasteiger partial charge is 0.467 e. The molecule has 44 heavy (non-hydrogen) atoms. The average Bonchev–Trinajstić information content (AvgIpc) is 3.69. The molecule has 1 aromatic carbocycles. The quantitative estimate of drug-likeness (QED) is 0.271. The monoisotopic (exact) mass is 627 g/mol. The number of esters is 1. The van der Waals surface area contributed by atoms with Gasteiger partial charge in [0.1, 0.15) is 42.8 Å². The minimum Gasteiger partial charge on any atom is -0.467 e. The summed E-state index contributed by atoms with van der Waals surface area (Å²) in [7, 11) is 1.17. The molecule has 3 aliphatic heterocycles. The number of aliphatic hydroxyl groups excluding tert-OH is 2. The summed E-state index contributed by atoms with van der Waals surface area (Å²) in [6, 6.07) is 0.380. The highest BCUT2D eigenvalue weighted by Crippen LogP contribution is 2.37. The van der Waals surface area contributed by atoms with E-state index in [-0.39, 0.29) is 23.6 Å². The predicted octanol–water partition coefficient (Wildman–Crippen LogP) is 1.51. The molecule has 2 fully saturated rings. The number of oxime groups is 1. The van der Waals surface area contributed by atoms with Crippen molar-refractivity contribution in [1.29, 1.82) is 0 Å². The molecule has 0 aliphatic carbocycles. The Labute approximate surface area is 248 Å². The second-order valence-corrected chi connectivity index (χ2v) is 10.9. The van der Waals surface area contributed by atoms with Crippen LogP contribution in [0.5, 0.6) is 0 Å². The smallest absolute Gasteiger partial charge is 0.407 e. The molecule has 240 valence electrons. The number of rotatable bonds is 9. The molecule has 1 amide bonds. The fraction of sp³-hybridized carbons (Fsp3) is 0.593. The summed E-state index contributed by atoms with van der Waals surface area (Å²) in [5, 5.41) is 42.6. The number of carboxylic acid groups (broad SMARTS) is 1. The summed E-state index contributed by atoms with van der Waals surface area (Å²) in [6.45, 7) is -0.357. The zero-order valence-electron chi connectivity index (χ0n) is 23.6. The number of aromatic nitrogens is 3.